The number of amides is 1. The number of methoxy groups -OCH3 is 1. The summed E-state index contributed by atoms with van der Waals surface area (Å²) >= 11 is 0. The zero-order valence-electron chi connectivity index (χ0n) is 23.5. The van der Waals surface area contributed by atoms with Gasteiger partial charge in [-0.25, -0.2) is 4.39 Å². The van der Waals surface area contributed by atoms with Gasteiger partial charge in [0.05, 0.1) is 18.5 Å². The van der Waals surface area contributed by atoms with E-state index in [9.17, 15) is 9.18 Å². The number of ether oxygens (including phenoxy) is 2. The second kappa shape index (κ2) is 12.6. The van der Waals surface area contributed by atoms with Crippen molar-refractivity contribution in [2.45, 2.75) is 12.3 Å². The number of aromatic nitrogens is 1. The summed E-state index contributed by atoms with van der Waals surface area (Å²) < 4.78 is 25.5. The number of fused-ring (bicyclic) bond motifs is 1. The van der Waals surface area contributed by atoms with Gasteiger partial charge in [0.1, 0.15) is 23.1 Å². The van der Waals surface area contributed by atoms with Gasteiger partial charge in [-0.3, -0.25) is 9.78 Å². The number of hydrogen-bond acceptors (Lipinski definition) is 4. The van der Waals surface area contributed by atoms with Crippen LogP contribution in [0.15, 0.2) is 134 Å². The molecule has 1 heterocycles. The van der Waals surface area contributed by atoms with Crippen LogP contribution >= 0.6 is 0 Å². The molecule has 6 rings (SSSR count). The van der Waals surface area contributed by atoms with Crippen molar-refractivity contribution in [2.75, 3.05) is 12.4 Å². The Kier molecular flexibility index (Phi) is 8.09. The van der Waals surface area contributed by atoms with Gasteiger partial charge in [-0.05, 0) is 95.4 Å². The maximum absolute atomic E-state index is 14.1. The first-order chi connectivity index (χ1) is 21.1. The van der Waals surface area contributed by atoms with E-state index in [0.29, 0.717) is 17.9 Å². The van der Waals surface area contributed by atoms with Crippen molar-refractivity contribution in [3.63, 3.8) is 0 Å². The number of pyridine rings is 1. The fourth-order valence-corrected chi connectivity index (χ4v) is 5.18. The molecule has 0 fully saturated rings. The van der Waals surface area contributed by atoms with Crippen LogP contribution < -0.4 is 14.8 Å². The van der Waals surface area contributed by atoms with Crippen LogP contribution in [-0.2, 0) is 11.2 Å². The van der Waals surface area contributed by atoms with Crippen LogP contribution in [0.2, 0.25) is 0 Å². The maximum atomic E-state index is 14.1. The molecule has 6 heteroatoms. The summed E-state index contributed by atoms with van der Waals surface area (Å²) in [4.78, 5) is 18.2. The number of carbonyl (C=O) groups excluding carboxylic acids is 1. The third kappa shape index (κ3) is 6.39. The highest BCUT2D eigenvalue weighted by Gasteiger charge is 2.23. The molecule has 5 nitrogen and oxygen atoms in total. The lowest BCUT2D eigenvalue weighted by Gasteiger charge is -2.20. The van der Waals surface area contributed by atoms with Gasteiger partial charge >= 0.3 is 0 Å². The van der Waals surface area contributed by atoms with Crippen molar-refractivity contribution < 1.29 is 18.7 Å². The summed E-state index contributed by atoms with van der Waals surface area (Å²) in [5, 5.41) is 3.82. The zero-order chi connectivity index (χ0) is 29.6. The van der Waals surface area contributed by atoms with Gasteiger partial charge in [-0.15, -0.1) is 0 Å². The van der Waals surface area contributed by atoms with Crippen molar-refractivity contribution in [2.24, 2.45) is 0 Å². The maximum Gasteiger partial charge on any atom is 0.232 e. The quantitative estimate of drug-likeness (QED) is 0.189. The second-order valence-electron chi connectivity index (χ2n) is 10.1. The molecule has 1 atom stereocenters. The molecule has 1 unspecified atom stereocenters. The number of anilines is 1. The third-order valence-electron chi connectivity index (χ3n) is 7.36. The smallest absolute Gasteiger partial charge is 0.232 e. The monoisotopic (exact) mass is 568 g/mol. The molecule has 1 aromatic heterocycles. The van der Waals surface area contributed by atoms with Gasteiger partial charge in [-0.1, -0.05) is 60.7 Å². The van der Waals surface area contributed by atoms with Crippen molar-refractivity contribution in [1.82, 2.24) is 4.98 Å². The van der Waals surface area contributed by atoms with E-state index in [1.807, 2.05) is 109 Å². The fourth-order valence-electron chi connectivity index (χ4n) is 5.18. The first kappa shape index (κ1) is 27.7. The minimum atomic E-state index is -0.503. The van der Waals surface area contributed by atoms with Gasteiger partial charge in [0.2, 0.25) is 5.91 Å². The Labute approximate surface area is 249 Å². The van der Waals surface area contributed by atoms with Crippen molar-refractivity contribution >= 4 is 22.5 Å². The standard InChI is InChI=1S/C37H29FN2O3/c1-42-36-10-6-5-7-27(36)23-33(37(41)40-29-16-18-31(19-17-29)43-30-8-3-2-4-9-30)26-13-11-25(12-14-26)32-21-22-39-35-20-15-28(38)24-34(32)35/h2-22,24,33H,23H2,1H3,(H,40,41). The van der Waals surface area contributed by atoms with E-state index in [1.165, 1.54) is 12.1 Å². The van der Waals surface area contributed by atoms with E-state index in [4.69, 9.17) is 9.47 Å². The molecule has 6 aromatic rings. The lowest BCUT2D eigenvalue weighted by molar-refractivity contribution is -0.117. The SMILES string of the molecule is COc1ccccc1CC(C(=O)Nc1ccc(Oc2ccccc2)cc1)c1ccc(-c2ccnc3ccc(F)cc23)cc1. The molecule has 5 aromatic carbocycles. The summed E-state index contributed by atoms with van der Waals surface area (Å²) in [6, 6.07) is 38.9. The van der Waals surface area contributed by atoms with E-state index >= 15 is 0 Å². The Morgan fingerprint density at radius 3 is 2.30 bits per heavy atom. The Morgan fingerprint density at radius 2 is 1.53 bits per heavy atom. The summed E-state index contributed by atoms with van der Waals surface area (Å²) in [7, 11) is 1.63. The van der Waals surface area contributed by atoms with Crippen LogP contribution in [0.4, 0.5) is 10.1 Å². The second-order valence-corrected chi connectivity index (χ2v) is 10.1. The van der Waals surface area contributed by atoms with Crippen molar-refractivity contribution in [1.29, 1.82) is 0 Å². The van der Waals surface area contributed by atoms with E-state index in [0.717, 1.165) is 44.7 Å². The molecule has 0 aliphatic heterocycles. The number of hydrogen-bond donors (Lipinski definition) is 1. The van der Waals surface area contributed by atoms with Gasteiger partial charge in [-0.2, -0.15) is 0 Å². The minimum absolute atomic E-state index is 0.146. The molecule has 0 bridgehead atoms. The number of benzene rings is 5. The minimum Gasteiger partial charge on any atom is -0.496 e. The topological polar surface area (TPSA) is 60.5 Å². The molecule has 1 amide bonds. The molecule has 0 aliphatic carbocycles. The average molecular weight is 569 g/mol. The predicted octanol–water partition coefficient (Wildman–Crippen LogP) is 8.81. The number of rotatable bonds is 9. The average Bonchev–Trinajstić information content (AvgIpc) is 3.05. The highest BCUT2D eigenvalue weighted by atomic mass is 19.1. The molecular weight excluding hydrogens is 539 g/mol. The number of carbonyl (C=O) groups is 1. The lowest BCUT2D eigenvalue weighted by Crippen LogP contribution is -2.23. The fraction of sp³-hybridized carbons (Fsp3) is 0.0811. The largest absolute Gasteiger partial charge is 0.496 e. The summed E-state index contributed by atoms with van der Waals surface area (Å²) in [6.45, 7) is 0. The van der Waals surface area contributed by atoms with Crippen molar-refractivity contribution in [3.8, 4) is 28.4 Å². The van der Waals surface area contributed by atoms with Crippen LogP contribution in [-0.4, -0.2) is 18.0 Å². The van der Waals surface area contributed by atoms with Crippen LogP contribution in [0.5, 0.6) is 17.2 Å². The number of nitrogens with one attached hydrogen (secondary N) is 1. The van der Waals surface area contributed by atoms with Crippen molar-refractivity contribution in [3.05, 3.63) is 151 Å². The molecular formula is C37H29FN2O3. The van der Waals surface area contributed by atoms with Gasteiger partial charge in [0, 0.05) is 17.3 Å². The van der Waals surface area contributed by atoms with E-state index in [2.05, 4.69) is 10.3 Å². The normalized spacial score (nSPS) is 11.6. The Balaban J connectivity index is 1.28. The van der Waals surface area contributed by atoms with Crippen LogP contribution in [0, 0.1) is 5.82 Å². The lowest BCUT2D eigenvalue weighted by atomic mass is 9.89. The molecule has 0 radical (unpaired) electrons. The summed E-state index contributed by atoms with van der Waals surface area (Å²) in [5.74, 6) is 1.18. The van der Waals surface area contributed by atoms with E-state index in [1.54, 1.807) is 19.4 Å². The molecule has 1 N–H and O–H groups in total. The molecule has 0 saturated heterocycles. The highest BCUT2D eigenvalue weighted by Crippen LogP contribution is 2.32. The Morgan fingerprint density at radius 1 is 0.814 bits per heavy atom. The zero-order valence-corrected chi connectivity index (χ0v) is 23.5. The molecule has 212 valence electrons. The summed E-state index contributed by atoms with van der Waals surface area (Å²) in [6.07, 6.45) is 2.16. The molecule has 43 heavy (non-hydrogen) atoms. The van der Waals surface area contributed by atoms with Gasteiger partial charge < -0.3 is 14.8 Å². The number of nitrogens with zero attached hydrogens (tertiary/aromatic N) is 1. The first-order valence-corrected chi connectivity index (χ1v) is 14.0. The van der Waals surface area contributed by atoms with Crippen LogP contribution in [0.3, 0.4) is 0 Å². The van der Waals surface area contributed by atoms with Gasteiger partial charge in [0.15, 0.2) is 0 Å². The van der Waals surface area contributed by atoms with E-state index < -0.39 is 5.92 Å². The third-order valence-corrected chi connectivity index (χ3v) is 7.36. The van der Waals surface area contributed by atoms with Crippen LogP contribution in [0.1, 0.15) is 17.0 Å². The number of halogens is 1. The van der Waals surface area contributed by atoms with Crippen LogP contribution in [0.25, 0.3) is 22.0 Å². The number of para-hydroxylation sites is 2. The predicted molar refractivity (Wildman–Crippen MR) is 168 cm³/mol. The summed E-state index contributed by atoms with van der Waals surface area (Å²) in [5.41, 5.74) is 4.94. The molecule has 0 spiro atoms. The van der Waals surface area contributed by atoms with E-state index in [-0.39, 0.29) is 11.7 Å². The highest BCUT2D eigenvalue weighted by molar-refractivity contribution is 5.97. The first-order valence-electron chi connectivity index (χ1n) is 14.0. The molecule has 0 aliphatic rings. The molecule has 0 saturated carbocycles. The van der Waals surface area contributed by atoms with Gasteiger partial charge in [0.25, 0.3) is 0 Å². The Bertz CT molecular complexity index is 1860. The Hall–Kier alpha value is -5.49.